The first kappa shape index (κ1) is 14.6. The van der Waals surface area contributed by atoms with Gasteiger partial charge in [0.2, 0.25) is 5.91 Å². The van der Waals surface area contributed by atoms with Crippen molar-refractivity contribution in [3.05, 3.63) is 36.2 Å². The lowest BCUT2D eigenvalue weighted by Crippen LogP contribution is -2.38. The molecular weight excluding hydrogens is 280 g/mol. The maximum atomic E-state index is 11.6. The summed E-state index contributed by atoms with van der Waals surface area (Å²) in [6, 6.07) is 8.61. The summed E-state index contributed by atoms with van der Waals surface area (Å²) >= 11 is 0. The Balaban J connectivity index is 1.69. The van der Waals surface area contributed by atoms with Crippen molar-refractivity contribution in [2.75, 3.05) is 13.6 Å². The van der Waals surface area contributed by atoms with Crippen molar-refractivity contribution in [2.24, 2.45) is 0 Å². The Labute approximate surface area is 129 Å². The number of hydrogen-bond acceptors (Lipinski definition) is 4. The Morgan fingerprint density at radius 3 is 3.09 bits per heavy atom. The molecule has 1 aliphatic rings. The Bertz CT molecular complexity index is 668. The summed E-state index contributed by atoms with van der Waals surface area (Å²) in [6.07, 6.45) is 2.51. The molecule has 0 aliphatic carbocycles. The van der Waals surface area contributed by atoms with E-state index >= 15 is 0 Å². The van der Waals surface area contributed by atoms with Crippen molar-refractivity contribution in [2.45, 2.75) is 25.5 Å². The Hall–Kier alpha value is -2.34. The van der Waals surface area contributed by atoms with Crippen molar-refractivity contribution >= 4 is 5.91 Å². The first-order valence-corrected chi connectivity index (χ1v) is 7.31. The normalized spacial score (nSPS) is 20.8. The SMILES string of the molecule is CNC(=O)[C@H]1C[C@@H](Oc2c[c]cc(-c3c[nH]nc3C)c2)CN1. The van der Waals surface area contributed by atoms with Crippen LogP contribution in [-0.2, 0) is 4.79 Å². The molecule has 3 rings (SSSR count). The van der Waals surface area contributed by atoms with Crippen molar-refractivity contribution in [3.8, 4) is 16.9 Å². The van der Waals surface area contributed by atoms with E-state index in [2.05, 4.69) is 26.9 Å². The molecular formula is C16H19N4O2. The summed E-state index contributed by atoms with van der Waals surface area (Å²) in [7, 11) is 1.64. The zero-order valence-electron chi connectivity index (χ0n) is 12.6. The number of amides is 1. The molecule has 2 heterocycles. The molecule has 22 heavy (non-hydrogen) atoms. The number of nitrogens with zero attached hydrogens (tertiary/aromatic N) is 1. The van der Waals surface area contributed by atoms with Crippen molar-refractivity contribution in [1.82, 2.24) is 20.8 Å². The van der Waals surface area contributed by atoms with Gasteiger partial charge in [0.15, 0.2) is 0 Å². The number of benzene rings is 1. The molecule has 3 N–H and O–H groups in total. The van der Waals surface area contributed by atoms with E-state index in [1.165, 1.54) is 0 Å². The van der Waals surface area contributed by atoms with Gasteiger partial charge in [-0.3, -0.25) is 9.89 Å². The lowest BCUT2D eigenvalue weighted by molar-refractivity contribution is -0.122. The van der Waals surface area contributed by atoms with E-state index in [-0.39, 0.29) is 18.1 Å². The molecule has 1 aromatic heterocycles. The highest BCUT2D eigenvalue weighted by Crippen LogP contribution is 2.26. The highest BCUT2D eigenvalue weighted by atomic mass is 16.5. The molecule has 2 atom stereocenters. The number of carbonyl (C=O) groups is 1. The van der Waals surface area contributed by atoms with Gasteiger partial charge >= 0.3 is 0 Å². The zero-order chi connectivity index (χ0) is 15.5. The van der Waals surface area contributed by atoms with Gasteiger partial charge in [0.1, 0.15) is 11.9 Å². The van der Waals surface area contributed by atoms with Crippen LogP contribution in [0.25, 0.3) is 11.1 Å². The van der Waals surface area contributed by atoms with Gasteiger partial charge in [-0.25, -0.2) is 0 Å². The number of rotatable bonds is 4. The van der Waals surface area contributed by atoms with Gasteiger partial charge < -0.3 is 15.4 Å². The molecule has 6 nitrogen and oxygen atoms in total. The van der Waals surface area contributed by atoms with Crippen molar-refractivity contribution < 1.29 is 9.53 Å². The minimum Gasteiger partial charge on any atom is -0.489 e. The molecule has 1 saturated heterocycles. The second kappa shape index (κ2) is 6.19. The zero-order valence-corrected chi connectivity index (χ0v) is 12.6. The van der Waals surface area contributed by atoms with Crippen molar-refractivity contribution in [3.63, 3.8) is 0 Å². The van der Waals surface area contributed by atoms with Crippen LogP contribution in [-0.4, -0.2) is 41.8 Å². The number of hydrogen-bond donors (Lipinski definition) is 3. The molecule has 0 bridgehead atoms. The lowest BCUT2D eigenvalue weighted by atomic mass is 10.1. The summed E-state index contributed by atoms with van der Waals surface area (Å²) in [6.45, 7) is 2.61. The quantitative estimate of drug-likeness (QED) is 0.788. The average molecular weight is 299 g/mol. The van der Waals surface area contributed by atoms with Gasteiger partial charge in [-0.1, -0.05) is 0 Å². The Morgan fingerprint density at radius 2 is 2.36 bits per heavy atom. The second-order valence-electron chi connectivity index (χ2n) is 5.39. The van der Waals surface area contributed by atoms with E-state index in [0.717, 1.165) is 22.6 Å². The molecule has 0 saturated carbocycles. The number of ether oxygens (including phenoxy) is 1. The fourth-order valence-corrected chi connectivity index (χ4v) is 2.68. The first-order valence-electron chi connectivity index (χ1n) is 7.31. The maximum Gasteiger partial charge on any atom is 0.237 e. The van der Waals surface area contributed by atoms with Gasteiger partial charge in [-0.05, 0) is 36.8 Å². The predicted octanol–water partition coefficient (Wildman–Crippen LogP) is 1.04. The first-order chi connectivity index (χ1) is 10.7. The highest BCUT2D eigenvalue weighted by Gasteiger charge is 2.30. The molecule has 6 heteroatoms. The average Bonchev–Trinajstić information content (AvgIpc) is 3.16. The Morgan fingerprint density at radius 1 is 1.50 bits per heavy atom. The van der Waals surface area contributed by atoms with Crippen LogP contribution >= 0.6 is 0 Å². The molecule has 2 aromatic rings. The van der Waals surface area contributed by atoms with Crippen LogP contribution in [0.15, 0.2) is 24.4 Å². The number of nitrogens with one attached hydrogen (secondary N) is 3. The van der Waals surface area contributed by atoms with E-state index in [1.807, 2.05) is 31.3 Å². The largest absolute Gasteiger partial charge is 0.489 e. The lowest BCUT2D eigenvalue weighted by Gasteiger charge is -2.13. The van der Waals surface area contributed by atoms with Crippen molar-refractivity contribution in [1.29, 1.82) is 0 Å². The molecule has 1 fully saturated rings. The van der Waals surface area contributed by atoms with Gasteiger partial charge in [0, 0.05) is 31.8 Å². The van der Waals surface area contributed by atoms with Crippen LogP contribution in [0.1, 0.15) is 12.1 Å². The maximum absolute atomic E-state index is 11.6. The summed E-state index contributed by atoms with van der Waals surface area (Å²) in [5.41, 5.74) is 2.99. The monoisotopic (exact) mass is 299 g/mol. The van der Waals surface area contributed by atoms with E-state index in [9.17, 15) is 4.79 Å². The van der Waals surface area contributed by atoms with E-state index in [1.54, 1.807) is 7.05 Å². The van der Waals surface area contributed by atoms with E-state index in [4.69, 9.17) is 4.74 Å². The summed E-state index contributed by atoms with van der Waals surface area (Å²) < 4.78 is 5.97. The van der Waals surface area contributed by atoms with Gasteiger partial charge in [0.05, 0.1) is 11.7 Å². The topological polar surface area (TPSA) is 79.0 Å². The fourth-order valence-electron chi connectivity index (χ4n) is 2.68. The number of aryl methyl sites for hydroxylation is 1. The van der Waals surface area contributed by atoms with Crippen LogP contribution in [0.5, 0.6) is 5.75 Å². The van der Waals surface area contributed by atoms with Crippen LogP contribution in [0.3, 0.4) is 0 Å². The number of aromatic amines is 1. The Kier molecular flexibility index (Phi) is 4.11. The second-order valence-corrected chi connectivity index (χ2v) is 5.39. The number of H-pyrrole nitrogens is 1. The number of likely N-dealkylation sites (N-methyl/N-ethyl adjacent to an activating group) is 1. The van der Waals surface area contributed by atoms with Gasteiger partial charge in [-0.2, -0.15) is 5.10 Å². The summed E-state index contributed by atoms with van der Waals surface area (Å²) in [5, 5.41) is 12.8. The minimum atomic E-state index is -0.182. The molecule has 115 valence electrons. The van der Waals surface area contributed by atoms with E-state index in [0.29, 0.717) is 13.0 Å². The predicted molar refractivity (Wildman–Crippen MR) is 82.5 cm³/mol. The van der Waals surface area contributed by atoms with Crippen LogP contribution < -0.4 is 15.4 Å². The summed E-state index contributed by atoms with van der Waals surface area (Å²) in [5.74, 6) is 0.753. The smallest absolute Gasteiger partial charge is 0.237 e. The van der Waals surface area contributed by atoms with E-state index < -0.39 is 0 Å². The van der Waals surface area contributed by atoms with Crippen LogP contribution in [0.2, 0.25) is 0 Å². The molecule has 0 unspecified atom stereocenters. The third-order valence-electron chi connectivity index (χ3n) is 3.86. The third kappa shape index (κ3) is 2.96. The van der Waals surface area contributed by atoms with Gasteiger partial charge in [0.25, 0.3) is 0 Å². The van der Waals surface area contributed by atoms with Crippen LogP contribution in [0.4, 0.5) is 0 Å². The molecule has 1 amide bonds. The molecule has 1 radical (unpaired) electrons. The fraction of sp³-hybridized carbons (Fsp3) is 0.375. The number of aromatic nitrogens is 2. The molecule has 1 aliphatic heterocycles. The highest BCUT2D eigenvalue weighted by molar-refractivity contribution is 5.81. The summed E-state index contributed by atoms with van der Waals surface area (Å²) in [4.78, 5) is 11.6. The minimum absolute atomic E-state index is 0.000403. The van der Waals surface area contributed by atoms with Crippen LogP contribution in [0, 0.1) is 13.0 Å². The van der Waals surface area contributed by atoms with Gasteiger partial charge in [-0.15, -0.1) is 0 Å². The standard InChI is InChI=1S/C16H19N4O2/c1-10-14(9-19-20-10)11-4-3-5-12(6-11)22-13-7-15(18-8-13)16(21)17-2/h4-6,9,13,15,18H,7-8H2,1-2H3,(H,17,21)(H,19,20)/t13-,15-/m1/s1. The molecule has 0 spiro atoms. The number of carbonyl (C=O) groups excluding carboxylic acids is 1. The molecule has 1 aromatic carbocycles. The third-order valence-corrected chi connectivity index (χ3v) is 3.86.